The standard InChI is InChI=1S/C31H26O3/c1-32-25-14-10-23(11-15-25)31(24-12-16-26(33-2)17-13-24)27-18-9-21-6-4-5-20-7-8-22(19-28(31)34-3)30(27)29(20)21/h4-19,28H,1-3H3/t28-/m1/s1. The van der Waals surface area contributed by atoms with Crippen LogP contribution in [0.5, 0.6) is 11.5 Å². The highest BCUT2D eigenvalue weighted by Gasteiger charge is 2.46. The van der Waals surface area contributed by atoms with Crippen LogP contribution in [-0.4, -0.2) is 27.4 Å². The topological polar surface area (TPSA) is 27.7 Å². The van der Waals surface area contributed by atoms with Gasteiger partial charge in [-0.15, -0.1) is 0 Å². The maximum absolute atomic E-state index is 6.28. The molecule has 5 aromatic carbocycles. The van der Waals surface area contributed by atoms with E-state index >= 15 is 0 Å². The monoisotopic (exact) mass is 446 g/mol. The van der Waals surface area contributed by atoms with E-state index in [2.05, 4.69) is 72.8 Å². The van der Waals surface area contributed by atoms with Crippen molar-refractivity contribution in [2.24, 2.45) is 0 Å². The Labute approximate surface area is 199 Å². The number of ether oxygens (including phenoxy) is 3. The summed E-state index contributed by atoms with van der Waals surface area (Å²) in [6.07, 6.45) is 2.08. The summed E-state index contributed by atoms with van der Waals surface area (Å²) in [6.45, 7) is 0. The Kier molecular flexibility index (Phi) is 4.82. The quantitative estimate of drug-likeness (QED) is 0.338. The maximum atomic E-state index is 6.28. The molecule has 3 heteroatoms. The average Bonchev–Trinajstić information content (AvgIpc) is 2.91. The highest BCUT2D eigenvalue weighted by atomic mass is 16.5. The van der Waals surface area contributed by atoms with Crippen LogP contribution in [-0.2, 0) is 10.2 Å². The molecule has 6 rings (SSSR count). The molecule has 3 nitrogen and oxygen atoms in total. The molecule has 0 unspecified atom stereocenters. The van der Waals surface area contributed by atoms with Crippen LogP contribution in [0.2, 0.25) is 0 Å². The largest absolute Gasteiger partial charge is 0.497 e. The van der Waals surface area contributed by atoms with Crippen LogP contribution in [0.4, 0.5) is 0 Å². The number of hydrogen-bond donors (Lipinski definition) is 0. The second-order valence-corrected chi connectivity index (χ2v) is 8.81. The fourth-order valence-electron chi connectivity index (χ4n) is 5.78. The molecule has 5 aromatic rings. The normalized spacial score (nSPS) is 16.4. The molecule has 0 spiro atoms. The molecule has 0 aliphatic heterocycles. The fraction of sp³-hybridized carbons (Fsp3) is 0.161. The van der Waals surface area contributed by atoms with Crippen molar-refractivity contribution in [1.82, 2.24) is 0 Å². The molecule has 0 fully saturated rings. The van der Waals surface area contributed by atoms with Crippen molar-refractivity contribution in [3.05, 3.63) is 113 Å². The summed E-state index contributed by atoms with van der Waals surface area (Å²) >= 11 is 0. The predicted molar refractivity (Wildman–Crippen MR) is 138 cm³/mol. The van der Waals surface area contributed by atoms with E-state index in [1.54, 1.807) is 21.3 Å². The van der Waals surface area contributed by atoms with Gasteiger partial charge in [0.05, 0.1) is 25.7 Å². The molecule has 0 radical (unpaired) electrons. The lowest BCUT2D eigenvalue weighted by Gasteiger charge is -2.43. The van der Waals surface area contributed by atoms with Gasteiger partial charge in [-0.3, -0.25) is 0 Å². The number of methoxy groups -OCH3 is 3. The minimum Gasteiger partial charge on any atom is -0.497 e. The third kappa shape index (κ3) is 2.80. The predicted octanol–water partition coefficient (Wildman–Crippen LogP) is 5.87. The summed E-state index contributed by atoms with van der Waals surface area (Å²) in [5.74, 6) is 1.67. The molecule has 0 heterocycles. The molecular weight excluding hydrogens is 420 g/mol. The van der Waals surface area contributed by atoms with Gasteiger partial charge in [-0.1, -0.05) is 66.7 Å². The van der Waals surface area contributed by atoms with Crippen LogP contribution < -0.4 is 14.7 Å². The first kappa shape index (κ1) is 20.8. The van der Waals surface area contributed by atoms with Gasteiger partial charge in [-0.2, -0.15) is 0 Å². The SMILES string of the molecule is COc1ccc(C2(c3ccc(OC)cc3)c3ccc4cccc5ccc(c3c45)=C[C@H]2OC)cc1. The summed E-state index contributed by atoms with van der Waals surface area (Å²) in [4.78, 5) is 0. The second-order valence-electron chi connectivity index (χ2n) is 8.81. The number of hydrogen-bond acceptors (Lipinski definition) is 3. The van der Waals surface area contributed by atoms with Gasteiger partial charge in [0.1, 0.15) is 11.5 Å². The van der Waals surface area contributed by atoms with E-state index in [-0.39, 0.29) is 6.10 Å². The van der Waals surface area contributed by atoms with Gasteiger partial charge in [0.2, 0.25) is 0 Å². The van der Waals surface area contributed by atoms with Crippen LogP contribution in [0.1, 0.15) is 16.7 Å². The van der Waals surface area contributed by atoms with E-state index in [9.17, 15) is 0 Å². The van der Waals surface area contributed by atoms with E-state index < -0.39 is 5.41 Å². The molecule has 34 heavy (non-hydrogen) atoms. The smallest absolute Gasteiger partial charge is 0.118 e. The summed E-state index contributed by atoms with van der Waals surface area (Å²) in [7, 11) is 5.19. The number of rotatable bonds is 5. The van der Waals surface area contributed by atoms with Crippen LogP contribution in [0.3, 0.4) is 0 Å². The molecule has 1 aliphatic rings. The Morgan fingerprint density at radius 2 is 1.15 bits per heavy atom. The van der Waals surface area contributed by atoms with E-state index in [4.69, 9.17) is 14.2 Å². The summed E-state index contributed by atoms with van der Waals surface area (Å²) in [5, 5.41) is 6.30. The lowest BCUT2D eigenvalue weighted by molar-refractivity contribution is 0.111. The highest BCUT2D eigenvalue weighted by Crippen LogP contribution is 2.49. The minimum atomic E-state index is -0.543. The lowest BCUT2D eigenvalue weighted by atomic mass is 9.62. The first-order valence-corrected chi connectivity index (χ1v) is 11.5. The van der Waals surface area contributed by atoms with Gasteiger partial charge in [-0.25, -0.2) is 0 Å². The zero-order valence-corrected chi connectivity index (χ0v) is 19.5. The van der Waals surface area contributed by atoms with Crippen LogP contribution in [0, 0.1) is 0 Å². The molecule has 0 bridgehead atoms. The Bertz CT molecular complexity index is 1490. The van der Waals surface area contributed by atoms with Gasteiger partial charge in [-0.05, 0) is 73.8 Å². The lowest BCUT2D eigenvalue weighted by Crippen LogP contribution is -2.45. The Hall–Kier alpha value is -3.82. The second kappa shape index (κ2) is 7.89. The third-order valence-electron chi connectivity index (χ3n) is 7.34. The molecule has 0 saturated carbocycles. The van der Waals surface area contributed by atoms with Crippen molar-refractivity contribution in [1.29, 1.82) is 0 Å². The van der Waals surface area contributed by atoms with Gasteiger partial charge >= 0.3 is 0 Å². The molecule has 1 atom stereocenters. The highest BCUT2D eigenvalue weighted by molar-refractivity contribution is 6.12. The van der Waals surface area contributed by atoms with Crippen molar-refractivity contribution < 1.29 is 14.2 Å². The Morgan fingerprint density at radius 3 is 1.68 bits per heavy atom. The first-order chi connectivity index (χ1) is 16.7. The molecule has 1 aliphatic carbocycles. The van der Waals surface area contributed by atoms with E-state index in [1.807, 2.05) is 24.3 Å². The Morgan fingerprint density at radius 1 is 0.588 bits per heavy atom. The molecule has 0 aromatic heterocycles. The van der Waals surface area contributed by atoms with Gasteiger partial charge < -0.3 is 14.2 Å². The summed E-state index contributed by atoms with van der Waals surface area (Å²) < 4.78 is 17.2. The van der Waals surface area contributed by atoms with E-state index in [0.717, 1.165) is 22.6 Å². The van der Waals surface area contributed by atoms with Crippen molar-refractivity contribution in [2.45, 2.75) is 11.5 Å². The van der Waals surface area contributed by atoms with Crippen molar-refractivity contribution >= 4 is 27.6 Å². The summed E-state index contributed by atoms with van der Waals surface area (Å²) in [6, 6.07) is 32.3. The number of benzene rings is 5. The Balaban J connectivity index is 1.77. The van der Waals surface area contributed by atoms with E-state index in [0.29, 0.717) is 0 Å². The zero-order valence-electron chi connectivity index (χ0n) is 19.5. The van der Waals surface area contributed by atoms with Gasteiger partial charge in [0.15, 0.2) is 0 Å². The van der Waals surface area contributed by atoms with Crippen LogP contribution in [0.25, 0.3) is 27.6 Å². The van der Waals surface area contributed by atoms with Gasteiger partial charge in [0, 0.05) is 7.11 Å². The van der Waals surface area contributed by atoms with Crippen molar-refractivity contribution in [2.75, 3.05) is 21.3 Å². The molecule has 0 amide bonds. The van der Waals surface area contributed by atoms with Crippen molar-refractivity contribution in [3.63, 3.8) is 0 Å². The molecule has 0 saturated heterocycles. The molecule has 0 N–H and O–H groups in total. The van der Waals surface area contributed by atoms with E-state index in [1.165, 1.54) is 32.3 Å². The molecule has 168 valence electrons. The average molecular weight is 447 g/mol. The molecular formula is C31H26O3. The van der Waals surface area contributed by atoms with Gasteiger partial charge in [0.25, 0.3) is 0 Å². The minimum absolute atomic E-state index is 0.204. The third-order valence-corrected chi connectivity index (χ3v) is 7.34. The maximum Gasteiger partial charge on any atom is 0.118 e. The fourth-order valence-corrected chi connectivity index (χ4v) is 5.78. The first-order valence-electron chi connectivity index (χ1n) is 11.5. The van der Waals surface area contributed by atoms with Crippen LogP contribution >= 0.6 is 0 Å². The van der Waals surface area contributed by atoms with Crippen LogP contribution in [0.15, 0.2) is 91.0 Å². The van der Waals surface area contributed by atoms with Crippen molar-refractivity contribution in [3.8, 4) is 11.5 Å². The summed E-state index contributed by atoms with van der Waals surface area (Å²) in [5.41, 5.74) is 3.02. The zero-order chi connectivity index (χ0) is 23.3.